The van der Waals surface area contributed by atoms with Crippen molar-refractivity contribution in [2.45, 2.75) is 13.3 Å². The van der Waals surface area contributed by atoms with Crippen LogP contribution in [-0.2, 0) is 11.2 Å². The summed E-state index contributed by atoms with van der Waals surface area (Å²) >= 11 is 0. The van der Waals surface area contributed by atoms with Crippen LogP contribution >= 0.6 is 0 Å². The highest BCUT2D eigenvalue weighted by Gasteiger charge is 2.11. The van der Waals surface area contributed by atoms with Crippen LogP contribution in [0.5, 0.6) is 17.2 Å². The average molecular weight is 294 g/mol. The molecule has 3 nitrogen and oxygen atoms in total. The second-order valence-electron chi connectivity index (χ2n) is 4.85. The Bertz CT molecular complexity index is 687. The summed E-state index contributed by atoms with van der Waals surface area (Å²) in [4.78, 5) is 11.7. The Hall–Kier alpha value is -2.81. The summed E-state index contributed by atoms with van der Waals surface area (Å²) in [7, 11) is 0. The van der Waals surface area contributed by atoms with E-state index in [0.717, 1.165) is 11.3 Å². The molecule has 0 aliphatic heterocycles. The lowest BCUT2D eigenvalue weighted by atomic mass is 10.1. The molecule has 0 aromatic heterocycles. The molecule has 0 spiro atoms. The van der Waals surface area contributed by atoms with Crippen molar-refractivity contribution >= 4 is 5.97 Å². The number of carbonyl (C=O) groups is 1. The number of allylic oxidation sites excluding steroid dienone is 1. The van der Waals surface area contributed by atoms with Gasteiger partial charge < -0.3 is 9.47 Å². The zero-order valence-corrected chi connectivity index (χ0v) is 12.5. The number of rotatable bonds is 6. The summed E-state index contributed by atoms with van der Waals surface area (Å²) in [5, 5.41) is 0. The molecule has 0 N–H and O–H groups in total. The fourth-order valence-electron chi connectivity index (χ4n) is 1.85. The smallest absolute Gasteiger partial charge is 0.338 e. The van der Waals surface area contributed by atoms with Crippen LogP contribution in [-0.4, -0.2) is 5.97 Å². The predicted molar refractivity (Wildman–Crippen MR) is 87.3 cm³/mol. The van der Waals surface area contributed by atoms with Crippen LogP contribution in [0.25, 0.3) is 0 Å². The first-order valence-corrected chi connectivity index (χ1v) is 6.94. The molecule has 2 aromatic rings. The molecule has 0 aliphatic rings. The highest BCUT2D eigenvalue weighted by atomic mass is 16.5. The monoisotopic (exact) mass is 294 g/mol. The maximum atomic E-state index is 11.7. The molecule has 22 heavy (non-hydrogen) atoms. The average Bonchev–Trinajstić information content (AvgIpc) is 2.51. The summed E-state index contributed by atoms with van der Waals surface area (Å²) in [6, 6.07) is 14.8. The van der Waals surface area contributed by atoms with Gasteiger partial charge in [-0.1, -0.05) is 30.9 Å². The van der Waals surface area contributed by atoms with Gasteiger partial charge in [0.2, 0.25) is 0 Å². The fraction of sp³-hybridized carbons (Fsp3) is 0.105. The molecule has 112 valence electrons. The first kappa shape index (κ1) is 15.6. The van der Waals surface area contributed by atoms with Crippen molar-refractivity contribution in [3.8, 4) is 17.2 Å². The van der Waals surface area contributed by atoms with Crippen LogP contribution in [0.4, 0.5) is 0 Å². The molecule has 0 aliphatic carbocycles. The molecule has 0 amide bonds. The predicted octanol–water partition coefficient (Wildman–Crippen LogP) is 4.69. The van der Waals surface area contributed by atoms with Crippen LogP contribution in [0.1, 0.15) is 12.5 Å². The third kappa shape index (κ3) is 4.09. The van der Waals surface area contributed by atoms with E-state index in [-0.39, 0.29) is 0 Å². The first-order valence-electron chi connectivity index (χ1n) is 6.94. The van der Waals surface area contributed by atoms with E-state index >= 15 is 0 Å². The maximum Gasteiger partial charge on any atom is 0.338 e. The van der Waals surface area contributed by atoms with Gasteiger partial charge in [0, 0.05) is 11.1 Å². The SMILES string of the molecule is C=CCc1cc(Oc2ccccc2)ccc1OC(=O)C(=C)C. The molecule has 2 rings (SSSR count). The Morgan fingerprint density at radius 2 is 1.86 bits per heavy atom. The van der Waals surface area contributed by atoms with Crippen LogP contribution in [0, 0.1) is 0 Å². The Balaban J connectivity index is 2.24. The zero-order valence-electron chi connectivity index (χ0n) is 12.5. The maximum absolute atomic E-state index is 11.7. The number of hydrogen-bond donors (Lipinski definition) is 0. The van der Waals surface area contributed by atoms with Crippen molar-refractivity contribution in [2.24, 2.45) is 0 Å². The van der Waals surface area contributed by atoms with Crippen LogP contribution in [0.3, 0.4) is 0 Å². The largest absolute Gasteiger partial charge is 0.457 e. The van der Waals surface area contributed by atoms with Gasteiger partial charge in [-0.15, -0.1) is 6.58 Å². The van der Waals surface area contributed by atoms with Crippen molar-refractivity contribution in [3.05, 3.63) is 78.9 Å². The standard InChI is InChI=1S/C19H18O3/c1-4-8-15-13-17(21-16-9-6-5-7-10-16)11-12-18(15)22-19(20)14(2)3/h4-7,9-13H,1-2,8H2,3H3. The normalized spacial score (nSPS) is 9.86. The van der Waals surface area contributed by atoms with E-state index in [1.54, 1.807) is 25.1 Å². The second-order valence-corrected chi connectivity index (χ2v) is 4.85. The third-order valence-corrected chi connectivity index (χ3v) is 2.93. The lowest BCUT2D eigenvalue weighted by Gasteiger charge is -2.12. The Morgan fingerprint density at radius 1 is 1.14 bits per heavy atom. The molecule has 3 heteroatoms. The van der Waals surface area contributed by atoms with Gasteiger partial charge in [0.1, 0.15) is 17.2 Å². The van der Waals surface area contributed by atoms with E-state index < -0.39 is 5.97 Å². The summed E-state index contributed by atoms with van der Waals surface area (Å²) in [5.41, 5.74) is 1.19. The molecule has 0 saturated carbocycles. The zero-order chi connectivity index (χ0) is 15.9. The van der Waals surface area contributed by atoms with Crippen molar-refractivity contribution in [2.75, 3.05) is 0 Å². The van der Waals surface area contributed by atoms with Gasteiger partial charge in [0.05, 0.1) is 0 Å². The lowest BCUT2D eigenvalue weighted by Crippen LogP contribution is -2.09. The second kappa shape index (κ2) is 7.27. The molecule has 0 unspecified atom stereocenters. The van der Waals surface area contributed by atoms with E-state index in [1.165, 1.54) is 0 Å². The topological polar surface area (TPSA) is 35.5 Å². The highest BCUT2D eigenvalue weighted by Crippen LogP contribution is 2.28. The molecule has 0 heterocycles. The van der Waals surface area contributed by atoms with Crippen LogP contribution < -0.4 is 9.47 Å². The van der Waals surface area contributed by atoms with Gasteiger partial charge >= 0.3 is 5.97 Å². The number of benzene rings is 2. The molecule has 0 atom stereocenters. The molecular weight excluding hydrogens is 276 g/mol. The molecular formula is C19H18O3. The van der Waals surface area contributed by atoms with Crippen molar-refractivity contribution in [3.63, 3.8) is 0 Å². The van der Waals surface area contributed by atoms with E-state index in [1.807, 2.05) is 36.4 Å². The van der Waals surface area contributed by atoms with E-state index in [0.29, 0.717) is 23.5 Å². The van der Waals surface area contributed by atoms with E-state index in [9.17, 15) is 4.79 Å². The molecule has 0 bridgehead atoms. The van der Waals surface area contributed by atoms with E-state index in [2.05, 4.69) is 13.2 Å². The minimum Gasteiger partial charge on any atom is -0.457 e. The minimum absolute atomic E-state index is 0.356. The van der Waals surface area contributed by atoms with Gasteiger partial charge in [0.15, 0.2) is 0 Å². The van der Waals surface area contributed by atoms with E-state index in [4.69, 9.17) is 9.47 Å². The van der Waals surface area contributed by atoms with Crippen molar-refractivity contribution < 1.29 is 14.3 Å². The molecule has 0 fully saturated rings. The minimum atomic E-state index is -0.443. The van der Waals surface area contributed by atoms with Gasteiger partial charge in [-0.2, -0.15) is 0 Å². The van der Waals surface area contributed by atoms with Crippen LogP contribution in [0.2, 0.25) is 0 Å². The fourth-order valence-corrected chi connectivity index (χ4v) is 1.85. The number of hydrogen-bond acceptors (Lipinski definition) is 3. The Morgan fingerprint density at radius 3 is 2.50 bits per heavy atom. The Labute approximate surface area is 130 Å². The van der Waals surface area contributed by atoms with Gasteiger partial charge in [0.25, 0.3) is 0 Å². The van der Waals surface area contributed by atoms with Crippen molar-refractivity contribution in [1.82, 2.24) is 0 Å². The summed E-state index contributed by atoms with van der Waals surface area (Å²) in [6.07, 6.45) is 2.32. The summed E-state index contributed by atoms with van der Waals surface area (Å²) < 4.78 is 11.1. The summed E-state index contributed by atoms with van der Waals surface area (Å²) in [6.45, 7) is 8.92. The van der Waals surface area contributed by atoms with Crippen LogP contribution in [0.15, 0.2) is 73.3 Å². The quantitative estimate of drug-likeness (QED) is 0.335. The summed E-state index contributed by atoms with van der Waals surface area (Å²) in [5.74, 6) is 1.48. The number of esters is 1. The third-order valence-electron chi connectivity index (χ3n) is 2.93. The molecule has 2 aromatic carbocycles. The lowest BCUT2D eigenvalue weighted by molar-refractivity contribution is -0.130. The number of para-hydroxylation sites is 1. The molecule has 0 saturated heterocycles. The van der Waals surface area contributed by atoms with Crippen molar-refractivity contribution in [1.29, 1.82) is 0 Å². The van der Waals surface area contributed by atoms with Gasteiger partial charge in [-0.3, -0.25) is 0 Å². The van der Waals surface area contributed by atoms with Gasteiger partial charge in [-0.05, 0) is 43.7 Å². The molecule has 0 radical (unpaired) electrons. The van der Waals surface area contributed by atoms with Gasteiger partial charge in [-0.25, -0.2) is 4.79 Å². The number of carbonyl (C=O) groups excluding carboxylic acids is 1. The number of ether oxygens (including phenoxy) is 2. The first-order chi connectivity index (χ1) is 10.6. The Kier molecular flexibility index (Phi) is 5.15. The highest BCUT2D eigenvalue weighted by molar-refractivity contribution is 5.89.